The zero-order valence-electron chi connectivity index (χ0n) is 20.7. The number of nitrogens with one attached hydrogen (secondary N) is 1. The van der Waals surface area contributed by atoms with Crippen LogP contribution in [0.4, 0.5) is 16.4 Å². The first kappa shape index (κ1) is 25.4. The first-order valence-corrected chi connectivity index (χ1v) is 11.9. The standard InChI is InChI=1S/C24H29ClN6O5/c1-5-6-9-36-24(32)30-8-7-16-17(12-30)27-23(25)29-22(16)28-20-13-31(14-26-20)15-10-18(33-2)21(35-4)19(11-15)34-3/h10-11,13-14H,5-9,12H2,1-4H3,(H,27,28,29). The Morgan fingerprint density at radius 3 is 2.56 bits per heavy atom. The number of anilines is 2. The quantitative estimate of drug-likeness (QED) is 0.327. The van der Waals surface area contributed by atoms with Gasteiger partial charge in [0.05, 0.1) is 52.1 Å². The molecule has 2 aromatic heterocycles. The molecule has 3 aromatic rings. The number of carbonyl (C=O) groups is 1. The van der Waals surface area contributed by atoms with Crippen molar-refractivity contribution in [2.45, 2.75) is 32.7 Å². The van der Waals surface area contributed by atoms with Crippen LogP contribution < -0.4 is 19.5 Å². The van der Waals surface area contributed by atoms with Crippen molar-refractivity contribution in [2.24, 2.45) is 0 Å². The number of nitrogens with zero attached hydrogens (tertiary/aromatic N) is 5. The van der Waals surface area contributed by atoms with Gasteiger partial charge in [0.1, 0.15) is 18.0 Å². The van der Waals surface area contributed by atoms with Crippen molar-refractivity contribution in [3.05, 3.63) is 41.2 Å². The zero-order valence-corrected chi connectivity index (χ0v) is 21.5. The number of hydrogen-bond acceptors (Lipinski definition) is 9. The van der Waals surface area contributed by atoms with Gasteiger partial charge >= 0.3 is 6.09 Å². The molecule has 3 heterocycles. The molecule has 12 heteroatoms. The highest BCUT2D eigenvalue weighted by atomic mass is 35.5. The maximum Gasteiger partial charge on any atom is 0.410 e. The van der Waals surface area contributed by atoms with Crippen LogP contribution in [0.1, 0.15) is 31.0 Å². The van der Waals surface area contributed by atoms with E-state index in [4.69, 9.17) is 30.5 Å². The van der Waals surface area contributed by atoms with E-state index in [1.807, 2.05) is 29.8 Å². The molecule has 0 atom stereocenters. The van der Waals surface area contributed by atoms with Crippen LogP contribution >= 0.6 is 11.6 Å². The number of amides is 1. The van der Waals surface area contributed by atoms with Gasteiger partial charge in [-0.1, -0.05) is 13.3 Å². The molecule has 0 radical (unpaired) electrons. The summed E-state index contributed by atoms with van der Waals surface area (Å²) in [5.41, 5.74) is 2.34. The molecule has 0 fully saturated rings. The molecule has 4 rings (SSSR count). The van der Waals surface area contributed by atoms with Crippen LogP contribution in [0.3, 0.4) is 0 Å². The normalized spacial score (nSPS) is 12.6. The minimum atomic E-state index is -0.345. The summed E-state index contributed by atoms with van der Waals surface area (Å²) in [4.78, 5) is 27.2. The number of imidazole rings is 1. The molecule has 1 N–H and O–H groups in total. The second kappa shape index (κ2) is 11.3. The van der Waals surface area contributed by atoms with Crippen LogP contribution in [-0.2, 0) is 17.7 Å². The smallest absolute Gasteiger partial charge is 0.410 e. The summed E-state index contributed by atoms with van der Waals surface area (Å²) < 4.78 is 23.5. The van der Waals surface area contributed by atoms with Gasteiger partial charge in [0.25, 0.3) is 0 Å². The van der Waals surface area contributed by atoms with Gasteiger partial charge in [-0.2, -0.15) is 0 Å². The molecule has 1 amide bonds. The van der Waals surface area contributed by atoms with E-state index < -0.39 is 0 Å². The molecule has 1 aromatic carbocycles. The Kier molecular flexibility index (Phi) is 7.99. The Hall–Kier alpha value is -3.73. The molecular formula is C24H29ClN6O5. The number of hydrogen-bond donors (Lipinski definition) is 1. The average Bonchev–Trinajstić information content (AvgIpc) is 3.35. The van der Waals surface area contributed by atoms with Crippen molar-refractivity contribution in [2.75, 3.05) is 39.8 Å². The average molecular weight is 517 g/mol. The van der Waals surface area contributed by atoms with E-state index in [1.165, 1.54) is 0 Å². The number of halogens is 1. The van der Waals surface area contributed by atoms with Crippen molar-refractivity contribution >= 4 is 29.3 Å². The van der Waals surface area contributed by atoms with Gasteiger partial charge in [-0.15, -0.1) is 0 Å². The van der Waals surface area contributed by atoms with Gasteiger partial charge in [0, 0.05) is 24.2 Å². The van der Waals surface area contributed by atoms with E-state index in [0.29, 0.717) is 60.7 Å². The third-order valence-electron chi connectivity index (χ3n) is 5.80. The molecule has 1 aliphatic rings. The molecule has 0 aliphatic carbocycles. The van der Waals surface area contributed by atoms with Gasteiger partial charge in [0.15, 0.2) is 11.5 Å². The first-order valence-electron chi connectivity index (χ1n) is 11.6. The highest BCUT2D eigenvalue weighted by Gasteiger charge is 2.26. The molecule has 0 saturated carbocycles. The second-order valence-corrected chi connectivity index (χ2v) is 8.42. The summed E-state index contributed by atoms with van der Waals surface area (Å²) in [6.45, 7) is 3.26. The topological polar surface area (TPSA) is 113 Å². The van der Waals surface area contributed by atoms with Crippen molar-refractivity contribution in [3.8, 4) is 22.9 Å². The number of ether oxygens (including phenoxy) is 4. The molecule has 0 unspecified atom stereocenters. The summed E-state index contributed by atoms with van der Waals surface area (Å²) in [6.07, 6.45) is 5.48. The molecule has 0 saturated heterocycles. The highest BCUT2D eigenvalue weighted by molar-refractivity contribution is 6.28. The van der Waals surface area contributed by atoms with Gasteiger partial charge in [-0.3, -0.25) is 0 Å². The first-order chi connectivity index (χ1) is 17.5. The maximum absolute atomic E-state index is 12.4. The number of rotatable bonds is 9. The molecule has 192 valence electrons. The Bertz CT molecular complexity index is 1210. The lowest BCUT2D eigenvalue weighted by atomic mass is 10.1. The van der Waals surface area contributed by atoms with E-state index >= 15 is 0 Å². The number of fused-ring (bicyclic) bond motifs is 1. The predicted octanol–water partition coefficient (Wildman–Crippen LogP) is 4.38. The minimum Gasteiger partial charge on any atom is -0.493 e. The van der Waals surface area contributed by atoms with Crippen molar-refractivity contribution < 1.29 is 23.7 Å². The number of methoxy groups -OCH3 is 3. The third kappa shape index (κ3) is 5.40. The summed E-state index contributed by atoms with van der Waals surface area (Å²) in [7, 11) is 4.69. The van der Waals surface area contributed by atoms with Crippen LogP contribution in [0.5, 0.6) is 17.2 Å². The van der Waals surface area contributed by atoms with Crippen LogP contribution in [0.2, 0.25) is 5.28 Å². The van der Waals surface area contributed by atoms with E-state index in [9.17, 15) is 4.79 Å². The summed E-state index contributed by atoms with van der Waals surface area (Å²) in [5.74, 6) is 2.68. The lowest BCUT2D eigenvalue weighted by Crippen LogP contribution is -2.37. The van der Waals surface area contributed by atoms with Crippen molar-refractivity contribution in [3.63, 3.8) is 0 Å². The van der Waals surface area contributed by atoms with Crippen LogP contribution in [0, 0.1) is 0 Å². The van der Waals surface area contributed by atoms with Crippen LogP contribution in [0.25, 0.3) is 5.69 Å². The Labute approximate surface area is 214 Å². The van der Waals surface area contributed by atoms with Gasteiger partial charge in [0.2, 0.25) is 11.0 Å². The van der Waals surface area contributed by atoms with E-state index in [0.717, 1.165) is 24.1 Å². The molecular weight excluding hydrogens is 488 g/mol. The maximum atomic E-state index is 12.4. The van der Waals surface area contributed by atoms with Gasteiger partial charge in [-0.05, 0) is 24.4 Å². The fourth-order valence-electron chi connectivity index (χ4n) is 3.92. The van der Waals surface area contributed by atoms with Crippen molar-refractivity contribution in [1.82, 2.24) is 24.4 Å². The number of benzene rings is 1. The fraction of sp³-hybridized carbons (Fsp3) is 0.417. The minimum absolute atomic E-state index is 0.0847. The lowest BCUT2D eigenvalue weighted by molar-refractivity contribution is 0.0960. The zero-order chi connectivity index (χ0) is 25.7. The molecule has 0 bridgehead atoms. The number of carbonyl (C=O) groups excluding carboxylic acids is 1. The monoisotopic (exact) mass is 516 g/mol. The summed E-state index contributed by atoms with van der Waals surface area (Å²) >= 11 is 6.21. The number of aromatic nitrogens is 4. The summed E-state index contributed by atoms with van der Waals surface area (Å²) in [6, 6.07) is 3.65. The Balaban J connectivity index is 1.54. The van der Waals surface area contributed by atoms with Gasteiger partial charge < -0.3 is 33.7 Å². The van der Waals surface area contributed by atoms with E-state index in [2.05, 4.69) is 20.3 Å². The molecule has 0 spiro atoms. The number of unbranched alkanes of at least 4 members (excludes halogenated alkanes) is 1. The van der Waals surface area contributed by atoms with Crippen LogP contribution in [-0.4, -0.2) is 65.0 Å². The van der Waals surface area contributed by atoms with E-state index in [1.54, 1.807) is 32.6 Å². The molecule has 11 nitrogen and oxygen atoms in total. The second-order valence-electron chi connectivity index (χ2n) is 8.08. The lowest BCUT2D eigenvalue weighted by Gasteiger charge is -2.28. The largest absolute Gasteiger partial charge is 0.493 e. The van der Waals surface area contributed by atoms with Crippen LogP contribution in [0.15, 0.2) is 24.7 Å². The Morgan fingerprint density at radius 1 is 1.14 bits per heavy atom. The Morgan fingerprint density at radius 2 is 1.89 bits per heavy atom. The molecule has 36 heavy (non-hydrogen) atoms. The van der Waals surface area contributed by atoms with E-state index in [-0.39, 0.29) is 11.4 Å². The SMILES string of the molecule is CCCCOC(=O)N1CCc2c(nc(Cl)nc2Nc2cn(-c3cc(OC)c(OC)c(OC)c3)cn2)C1. The van der Waals surface area contributed by atoms with Crippen molar-refractivity contribution in [1.29, 1.82) is 0 Å². The highest BCUT2D eigenvalue weighted by Crippen LogP contribution is 2.39. The summed E-state index contributed by atoms with van der Waals surface area (Å²) in [5, 5.41) is 3.32. The van der Waals surface area contributed by atoms with Gasteiger partial charge in [-0.25, -0.2) is 19.7 Å². The third-order valence-corrected chi connectivity index (χ3v) is 5.97. The molecule has 1 aliphatic heterocycles. The predicted molar refractivity (Wildman–Crippen MR) is 134 cm³/mol. The fourth-order valence-corrected chi connectivity index (χ4v) is 4.11.